The Kier molecular flexibility index (Phi) is 8.87. The third-order valence-corrected chi connectivity index (χ3v) is 4.08. The third-order valence-electron chi connectivity index (χ3n) is 3.85. The van der Waals surface area contributed by atoms with E-state index in [1.807, 2.05) is 12.1 Å². The highest BCUT2D eigenvalue weighted by Crippen LogP contribution is 2.10. The maximum absolute atomic E-state index is 5.85. The number of aliphatic imine (C=N–C) groups is 1. The summed E-state index contributed by atoms with van der Waals surface area (Å²) in [5, 5.41) is 7.11. The Balaban J connectivity index is 1.52. The van der Waals surface area contributed by atoms with Crippen LogP contribution in [0.3, 0.4) is 0 Å². The molecule has 0 amide bonds. The summed E-state index contributed by atoms with van der Waals surface area (Å²) in [7, 11) is 1.78. The Bertz CT molecular complexity index is 490. The molecule has 6 nitrogen and oxygen atoms in total. The molecule has 0 aromatic carbocycles. The third kappa shape index (κ3) is 7.47. The number of rotatable bonds is 8. The normalized spacial score (nSPS) is 16.2. The molecule has 134 valence electrons. The standard InChI is InChI=1S/C17H27ClN4O2/c1-19-17(21-9-5-14-3-4-16(18)22-13-14)20-8-2-10-24-15-6-11-23-12-7-15/h3-4,13,15H,2,5-12H2,1H3,(H2,19,20,21). The molecule has 0 saturated carbocycles. The van der Waals surface area contributed by atoms with Crippen molar-refractivity contribution < 1.29 is 9.47 Å². The van der Waals surface area contributed by atoms with Gasteiger partial charge in [-0.3, -0.25) is 4.99 Å². The molecule has 0 spiro atoms. The first-order valence-electron chi connectivity index (χ1n) is 8.52. The SMILES string of the molecule is CN=C(NCCCOC1CCOCC1)NCCc1ccc(Cl)nc1. The van der Waals surface area contributed by atoms with Crippen molar-refractivity contribution in [2.24, 2.45) is 4.99 Å². The van der Waals surface area contributed by atoms with Gasteiger partial charge in [-0.15, -0.1) is 0 Å². The zero-order valence-corrected chi connectivity index (χ0v) is 15.0. The highest BCUT2D eigenvalue weighted by atomic mass is 35.5. The maximum Gasteiger partial charge on any atom is 0.190 e. The van der Waals surface area contributed by atoms with E-state index in [0.29, 0.717) is 11.3 Å². The first kappa shape index (κ1) is 19.0. The molecule has 1 fully saturated rings. The van der Waals surface area contributed by atoms with Crippen LogP contribution in [0.5, 0.6) is 0 Å². The number of nitrogens with one attached hydrogen (secondary N) is 2. The lowest BCUT2D eigenvalue weighted by atomic mass is 10.1. The molecule has 24 heavy (non-hydrogen) atoms. The number of guanidine groups is 1. The summed E-state index contributed by atoms with van der Waals surface area (Å²) in [5.41, 5.74) is 1.15. The Hall–Kier alpha value is -1.37. The summed E-state index contributed by atoms with van der Waals surface area (Å²) < 4.78 is 11.2. The van der Waals surface area contributed by atoms with Crippen LogP contribution in [0.15, 0.2) is 23.3 Å². The van der Waals surface area contributed by atoms with Crippen molar-refractivity contribution in [3.05, 3.63) is 29.0 Å². The van der Waals surface area contributed by atoms with Crippen molar-refractivity contribution in [3.8, 4) is 0 Å². The molecule has 1 aromatic rings. The van der Waals surface area contributed by atoms with Gasteiger partial charge in [0.2, 0.25) is 0 Å². The van der Waals surface area contributed by atoms with E-state index in [4.69, 9.17) is 21.1 Å². The number of halogens is 1. The summed E-state index contributed by atoms with van der Waals surface area (Å²) in [6.07, 6.45) is 6.01. The van der Waals surface area contributed by atoms with Gasteiger partial charge in [0.1, 0.15) is 5.15 Å². The quantitative estimate of drug-likeness (QED) is 0.323. The van der Waals surface area contributed by atoms with Gasteiger partial charge < -0.3 is 20.1 Å². The Morgan fingerprint density at radius 3 is 2.83 bits per heavy atom. The van der Waals surface area contributed by atoms with E-state index in [9.17, 15) is 0 Å². The van der Waals surface area contributed by atoms with Gasteiger partial charge in [0.15, 0.2) is 5.96 Å². The maximum atomic E-state index is 5.85. The minimum absolute atomic E-state index is 0.365. The van der Waals surface area contributed by atoms with Gasteiger partial charge in [-0.1, -0.05) is 17.7 Å². The molecule has 1 aliphatic heterocycles. The van der Waals surface area contributed by atoms with Gasteiger partial charge in [0, 0.05) is 46.2 Å². The van der Waals surface area contributed by atoms with Gasteiger partial charge in [-0.05, 0) is 37.3 Å². The fourth-order valence-corrected chi connectivity index (χ4v) is 2.58. The predicted molar refractivity (Wildman–Crippen MR) is 96.7 cm³/mol. The van der Waals surface area contributed by atoms with Crippen LogP contribution in [0.25, 0.3) is 0 Å². The van der Waals surface area contributed by atoms with Crippen LogP contribution in [0.2, 0.25) is 5.15 Å². The molecular formula is C17H27ClN4O2. The van der Waals surface area contributed by atoms with Crippen LogP contribution in [0.1, 0.15) is 24.8 Å². The zero-order chi connectivity index (χ0) is 17.0. The summed E-state index contributed by atoms with van der Waals surface area (Å²) in [6, 6.07) is 3.79. The zero-order valence-electron chi connectivity index (χ0n) is 14.3. The number of ether oxygens (including phenoxy) is 2. The molecule has 0 radical (unpaired) electrons. The van der Waals surface area contributed by atoms with Gasteiger partial charge in [0.05, 0.1) is 6.10 Å². The Morgan fingerprint density at radius 2 is 2.12 bits per heavy atom. The van der Waals surface area contributed by atoms with Gasteiger partial charge in [0.25, 0.3) is 0 Å². The lowest BCUT2D eigenvalue weighted by Gasteiger charge is -2.22. The fraction of sp³-hybridized carbons (Fsp3) is 0.647. The fourth-order valence-electron chi connectivity index (χ4n) is 2.47. The van der Waals surface area contributed by atoms with Crippen LogP contribution >= 0.6 is 11.6 Å². The molecule has 0 aliphatic carbocycles. The summed E-state index contributed by atoms with van der Waals surface area (Å²) in [6.45, 7) is 4.04. The van der Waals surface area contributed by atoms with Gasteiger partial charge in [-0.2, -0.15) is 0 Å². The van der Waals surface area contributed by atoms with Crippen LogP contribution in [-0.4, -0.2) is 57.0 Å². The highest BCUT2D eigenvalue weighted by molar-refractivity contribution is 6.29. The minimum Gasteiger partial charge on any atom is -0.381 e. The topological polar surface area (TPSA) is 67.8 Å². The van der Waals surface area contributed by atoms with Crippen molar-refractivity contribution in [1.29, 1.82) is 0 Å². The van der Waals surface area contributed by atoms with Crippen molar-refractivity contribution in [3.63, 3.8) is 0 Å². The van der Waals surface area contributed by atoms with E-state index in [0.717, 1.165) is 70.1 Å². The van der Waals surface area contributed by atoms with Crippen molar-refractivity contribution in [1.82, 2.24) is 15.6 Å². The lowest BCUT2D eigenvalue weighted by Crippen LogP contribution is -2.39. The monoisotopic (exact) mass is 354 g/mol. The van der Waals surface area contributed by atoms with Crippen LogP contribution in [0.4, 0.5) is 0 Å². The average molecular weight is 355 g/mol. The van der Waals surface area contributed by atoms with E-state index in [1.54, 1.807) is 13.2 Å². The number of pyridine rings is 1. The second-order valence-electron chi connectivity index (χ2n) is 5.70. The van der Waals surface area contributed by atoms with Crippen molar-refractivity contribution in [2.75, 3.05) is 40.0 Å². The summed E-state index contributed by atoms with van der Waals surface area (Å²) >= 11 is 5.78. The second-order valence-corrected chi connectivity index (χ2v) is 6.09. The summed E-state index contributed by atoms with van der Waals surface area (Å²) in [5.74, 6) is 0.808. The van der Waals surface area contributed by atoms with E-state index in [-0.39, 0.29) is 0 Å². The molecule has 2 heterocycles. The molecule has 0 unspecified atom stereocenters. The summed E-state index contributed by atoms with van der Waals surface area (Å²) in [4.78, 5) is 8.30. The first-order valence-corrected chi connectivity index (χ1v) is 8.90. The Labute approximate surface area is 149 Å². The smallest absolute Gasteiger partial charge is 0.190 e. The van der Waals surface area contributed by atoms with Gasteiger partial charge >= 0.3 is 0 Å². The lowest BCUT2D eigenvalue weighted by molar-refractivity contribution is -0.0320. The molecule has 1 saturated heterocycles. The number of nitrogens with zero attached hydrogens (tertiary/aromatic N) is 2. The molecular weight excluding hydrogens is 328 g/mol. The second kappa shape index (κ2) is 11.2. The van der Waals surface area contributed by atoms with Crippen LogP contribution in [-0.2, 0) is 15.9 Å². The number of hydrogen-bond donors (Lipinski definition) is 2. The first-order chi connectivity index (χ1) is 11.8. The molecule has 1 aliphatic rings. The predicted octanol–water partition coefficient (Wildman–Crippen LogP) is 2.03. The number of aromatic nitrogens is 1. The van der Waals surface area contributed by atoms with Crippen LogP contribution < -0.4 is 10.6 Å². The molecule has 2 N–H and O–H groups in total. The largest absolute Gasteiger partial charge is 0.381 e. The minimum atomic E-state index is 0.365. The molecule has 7 heteroatoms. The van der Waals surface area contributed by atoms with E-state index < -0.39 is 0 Å². The van der Waals surface area contributed by atoms with E-state index >= 15 is 0 Å². The average Bonchev–Trinajstić information content (AvgIpc) is 2.62. The molecule has 2 rings (SSSR count). The Morgan fingerprint density at radius 1 is 1.33 bits per heavy atom. The van der Waals surface area contributed by atoms with E-state index in [1.165, 1.54) is 0 Å². The van der Waals surface area contributed by atoms with Crippen molar-refractivity contribution >= 4 is 17.6 Å². The molecule has 0 bridgehead atoms. The van der Waals surface area contributed by atoms with Crippen molar-refractivity contribution in [2.45, 2.75) is 31.8 Å². The van der Waals surface area contributed by atoms with Gasteiger partial charge in [-0.25, -0.2) is 4.98 Å². The van der Waals surface area contributed by atoms with Crippen LogP contribution in [0, 0.1) is 0 Å². The highest BCUT2D eigenvalue weighted by Gasteiger charge is 2.13. The molecule has 1 aromatic heterocycles. The van der Waals surface area contributed by atoms with E-state index in [2.05, 4.69) is 20.6 Å². The molecule has 0 atom stereocenters. The number of hydrogen-bond acceptors (Lipinski definition) is 4.